The molecule has 1 aliphatic heterocycles. The molecule has 0 radical (unpaired) electrons. The molecule has 6 heteroatoms. The van der Waals surface area contributed by atoms with Gasteiger partial charge in [0.1, 0.15) is 0 Å². The first-order chi connectivity index (χ1) is 11.0. The highest BCUT2D eigenvalue weighted by atomic mass is 16.2. The summed E-state index contributed by atoms with van der Waals surface area (Å²) in [5.41, 5.74) is 2.02. The van der Waals surface area contributed by atoms with Gasteiger partial charge >= 0.3 is 0 Å². The third-order valence-electron chi connectivity index (χ3n) is 4.36. The number of hydrogen-bond donors (Lipinski definition) is 2. The molecule has 126 valence electrons. The quantitative estimate of drug-likeness (QED) is 0.860. The number of aromatic amines is 1. The maximum Gasteiger partial charge on any atom is 0.222 e. The summed E-state index contributed by atoms with van der Waals surface area (Å²) in [5, 5.41) is 2.81. The number of pyridine rings is 1. The van der Waals surface area contributed by atoms with Crippen molar-refractivity contribution in [2.45, 2.75) is 52.5 Å². The SMILES string of the molecule is Cc1c[nH]c(CNC(=O)CCN2CCCCCC2=O)c(C)c1=O. The molecule has 2 heterocycles. The van der Waals surface area contributed by atoms with Crippen molar-refractivity contribution in [2.24, 2.45) is 0 Å². The van der Waals surface area contributed by atoms with Crippen LogP contribution in [0.15, 0.2) is 11.0 Å². The van der Waals surface area contributed by atoms with Crippen LogP contribution in [0.2, 0.25) is 0 Å². The third-order valence-corrected chi connectivity index (χ3v) is 4.36. The molecule has 6 nitrogen and oxygen atoms in total. The van der Waals surface area contributed by atoms with E-state index >= 15 is 0 Å². The lowest BCUT2D eigenvalue weighted by Gasteiger charge is -2.20. The molecule has 23 heavy (non-hydrogen) atoms. The van der Waals surface area contributed by atoms with E-state index in [0.29, 0.717) is 37.1 Å². The predicted molar refractivity (Wildman–Crippen MR) is 88.0 cm³/mol. The number of nitrogens with zero attached hydrogens (tertiary/aromatic N) is 1. The van der Waals surface area contributed by atoms with E-state index in [9.17, 15) is 14.4 Å². The first-order valence-corrected chi connectivity index (χ1v) is 8.21. The Morgan fingerprint density at radius 3 is 2.83 bits per heavy atom. The molecule has 0 saturated carbocycles. The monoisotopic (exact) mass is 319 g/mol. The molecule has 0 aliphatic carbocycles. The van der Waals surface area contributed by atoms with E-state index in [0.717, 1.165) is 31.5 Å². The fourth-order valence-corrected chi connectivity index (χ4v) is 2.77. The summed E-state index contributed by atoms with van der Waals surface area (Å²) in [6.45, 7) is 5.02. The lowest BCUT2D eigenvalue weighted by Crippen LogP contribution is -2.35. The van der Waals surface area contributed by atoms with Crippen molar-refractivity contribution < 1.29 is 9.59 Å². The van der Waals surface area contributed by atoms with E-state index < -0.39 is 0 Å². The van der Waals surface area contributed by atoms with Crippen LogP contribution < -0.4 is 10.7 Å². The maximum absolute atomic E-state index is 12.0. The Hall–Kier alpha value is -2.11. The third kappa shape index (κ3) is 4.68. The Kier molecular flexibility index (Phi) is 5.96. The second kappa shape index (κ2) is 7.94. The number of carbonyl (C=O) groups is 2. The zero-order valence-corrected chi connectivity index (χ0v) is 13.9. The van der Waals surface area contributed by atoms with Crippen LogP contribution in [-0.2, 0) is 16.1 Å². The second-order valence-corrected chi connectivity index (χ2v) is 6.12. The van der Waals surface area contributed by atoms with Crippen LogP contribution in [0, 0.1) is 13.8 Å². The van der Waals surface area contributed by atoms with Crippen molar-refractivity contribution in [2.75, 3.05) is 13.1 Å². The normalized spacial score (nSPS) is 15.4. The van der Waals surface area contributed by atoms with Crippen LogP contribution in [0.25, 0.3) is 0 Å². The fourth-order valence-electron chi connectivity index (χ4n) is 2.77. The Morgan fingerprint density at radius 1 is 1.26 bits per heavy atom. The molecule has 0 aromatic carbocycles. The van der Waals surface area contributed by atoms with Gasteiger partial charge in [-0.1, -0.05) is 6.42 Å². The van der Waals surface area contributed by atoms with Crippen molar-refractivity contribution in [3.05, 3.63) is 33.2 Å². The van der Waals surface area contributed by atoms with Gasteiger partial charge in [-0.15, -0.1) is 0 Å². The number of H-pyrrole nitrogens is 1. The van der Waals surface area contributed by atoms with Gasteiger partial charge in [0.05, 0.1) is 6.54 Å². The Balaban J connectivity index is 1.82. The largest absolute Gasteiger partial charge is 0.363 e. The van der Waals surface area contributed by atoms with E-state index in [1.165, 1.54) is 0 Å². The van der Waals surface area contributed by atoms with Gasteiger partial charge in [-0.05, 0) is 26.7 Å². The molecule has 1 fully saturated rings. The van der Waals surface area contributed by atoms with Gasteiger partial charge in [-0.25, -0.2) is 0 Å². The van der Waals surface area contributed by atoms with Crippen LogP contribution in [0.5, 0.6) is 0 Å². The summed E-state index contributed by atoms with van der Waals surface area (Å²) in [5.74, 6) is 0.0388. The summed E-state index contributed by atoms with van der Waals surface area (Å²) in [6, 6.07) is 0. The van der Waals surface area contributed by atoms with Crippen molar-refractivity contribution in [1.29, 1.82) is 0 Å². The van der Waals surface area contributed by atoms with Gasteiger partial charge in [0.2, 0.25) is 11.8 Å². The average molecular weight is 319 g/mol. The highest BCUT2D eigenvalue weighted by Gasteiger charge is 2.17. The van der Waals surface area contributed by atoms with Gasteiger partial charge in [0.25, 0.3) is 0 Å². The lowest BCUT2D eigenvalue weighted by molar-refractivity contribution is -0.131. The summed E-state index contributed by atoms with van der Waals surface area (Å²) < 4.78 is 0. The molecule has 0 atom stereocenters. The fraction of sp³-hybridized carbons (Fsp3) is 0.588. The Bertz CT molecular complexity index is 636. The summed E-state index contributed by atoms with van der Waals surface area (Å²) in [6.07, 6.45) is 5.58. The number of likely N-dealkylation sites (tertiary alicyclic amines) is 1. The number of nitrogens with one attached hydrogen (secondary N) is 2. The molecule has 1 aliphatic rings. The minimum atomic E-state index is -0.108. The van der Waals surface area contributed by atoms with Crippen LogP contribution in [-0.4, -0.2) is 34.8 Å². The van der Waals surface area contributed by atoms with Gasteiger partial charge in [0, 0.05) is 48.9 Å². The molecular formula is C17H25N3O3. The number of rotatable bonds is 5. The van der Waals surface area contributed by atoms with E-state index in [-0.39, 0.29) is 17.2 Å². The van der Waals surface area contributed by atoms with Crippen molar-refractivity contribution in [3.8, 4) is 0 Å². The second-order valence-electron chi connectivity index (χ2n) is 6.12. The van der Waals surface area contributed by atoms with E-state index in [2.05, 4.69) is 10.3 Å². The lowest BCUT2D eigenvalue weighted by atomic mass is 10.1. The molecular weight excluding hydrogens is 294 g/mol. The first-order valence-electron chi connectivity index (χ1n) is 8.21. The van der Waals surface area contributed by atoms with Crippen LogP contribution in [0.4, 0.5) is 0 Å². The topological polar surface area (TPSA) is 82.3 Å². The van der Waals surface area contributed by atoms with Crippen molar-refractivity contribution in [3.63, 3.8) is 0 Å². The smallest absolute Gasteiger partial charge is 0.222 e. The highest BCUT2D eigenvalue weighted by molar-refractivity contribution is 5.79. The number of hydrogen-bond acceptors (Lipinski definition) is 3. The Labute approximate surface area is 136 Å². The standard InChI is InChI=1S/C17H25N3O3/c1-12-10-18-14(13(2)17(12)23)11-19-15(21)7-9-20-8-5-3-4-6-16(20)22/h10H,3-9,11H2,1-2H3,(H,18,23)(H,19,21). The van der Waals surface area contributed by atoms with Crippen LogP contribution in [0.3, 0.4) is 0 Å². The number of aryl methyl sites for hydroxylation is 1. The number of carbonyl (C=O) groups excluding carboxylic acids is 2. The van der Waals surface area contributed by atoms with Crippen molar-refractivity contribution >= 4 is 11.8 Å². The molecule has 0 bridgehead atoms. The minimum absolute atomic E-state index is 0.00293. The first kappa shape index (κ1) is 17.2. The summed E-state index contributed by atoms with van der Waals surface area (Å²) >= 11 is 0. The van der Waals surface area contributed by atoms with Crippen molar-refractivity contribution in [1.82, 2.24) is 15.2 Å². The molecule has 2 rings (SSSR count). The number of amides is 2. The molecule has 0 spiro atoms. The summed E-state index contributed by atoms with van der Waals surface area (Å²) in [7, 11) is 0. The highest BCUT2D eigenvalue weighted by Crippen LogP contribution is 2.11. The van der Waals surface area contributed by atoms with E-state index in [1.54, 1.807) is 24.9 Å². The van der Waals surface area contributed by atoms with Crippen LogP contribution in [0.1, 0.15) is 48.9 Å². The average Bonchev–Trinajstić information content (AvgIpc) is 2.74. The zero-order chi connectivity index (χ0) is 16.8. The zero-order valence-electron chi connectivity index (χ0n) is 13.9. The van der Waals surface area contributed by atoms with Crippen LogP contribution >= 0.6 is 0 Å². The van der Waals surface area contributed by atoms with Gasteiger partial charge < -0.3 is 15.2 Å². The number of aromatic nitrogens is 1. The molecule has 1 aromatic rings. The summed E-state index contributed by atoms with van der Waals surface area (Å²) in [4.78, 5) is 40.5. The van der Waals surface area contributed by atoms with Gasteiger partial charge in [0.15, 0.2) is 5.43 Å². The van der Waals surface area contributed by atoms with E-state index in [4.69, 9.17) is 0 Å². The maximum atomic E-state index is 12.0. The molecule has 1 saturated heterocycles. The molecule has 0 unspecified atom stereocenters. The Morgan fingerprint density at radius 2 is 2.04 bits per heavy atom. The van der Waals surface area contributed by atoms with Gasteiger partial charge in [-0.3, -0.25) is 14.4 Å². The molecule has 2 amide bonds. The predicted octanol–water partition coefficient (Wildman–Crippen LogP) is 1.40. The van der Waals surface area contributed by atoms with E-state index in [1.807, 2.05) is 0 Å². The van der Waals surface area contributed by atoms with Gasteiger partial charge in [-0.2, -0.15) is 0 Å². The molecule has 1 aromatic heterocycles. The molecule has 2 N–H and O–H groups in total. The minimum Gasteiger partial charge on any atom is -0.363 e.